The first kappa shape index (κ1) is 20.9. The summed E-state index contributed by atoms with van der Waals surface area (Å²) in [5.74, 6) is 3.40. The van der Waals surface area contributed by atoms with Gasteiger partial charge in [-0.25, -0.2) is 0 Å². The maximum atomic E-state index is 6.25. The molecule has 0 saturated heterocycles. The molecule has 1 aromatic heterocycles. The smallest absolute Gasteiger partial charge is 0.191 e. The van der Waals surface area contributed by atoms with Gasteiger partial charge in [-0.2, -0.15) is 0 Å². The number of hydrogen-bond donors (Lipinski definition) is 0. The van der Waals surface area contributed by atoms with Gasteiger partial charge in [-0.1, -0.05) is 58.7 Å². The quantitative estimate of drug-likeness (QED) is 0.340. The lowest BCUT2D eigenvalue weighted by Crippen LogP contribution is -2.02. The van der Waals surface area contributed by atoms with E-state index >= 15 is 0 Å². The van der Waals surface area contributed by atoms with Crippen molar-refractivity contribution < 1.29 is 0 Å². The molecule has 3 rings (SSSR count). The molecule has 0 saturated carbocycles. The van der Waals surface area contributed by atoms with Gasteiger partial charge in [-0.15, -0.1) is 22.0 Å². The van der Waals surface area contributed by atoms with Crippen molar-refractivity contribution in [3.63, 3.8) is 0 Å². The molecule has 1 heterocycles. The Morgan fingerprint density at radius 1 is 0.889 bits per heavy atom. The zero-order valence-corrected chi connectivity index (χ0v) is 18.6. The minimum atomic E-state index is 0.686. The first-order chi connectivity index (χ1) is 13.1. The Kier molecular flexibility index (Phi) is 7.79. The Labute approximate surface area is 182 Å². The van der Waals surface area contributed by atoms with Crippen molar-refractivity contribution in [3.05, 3.63) is 74.5 Å². The van der Waals surface area contributed by atoms with E-state index in [-0.39, 0.29) is 0 Å². The van der Waals surface area contributed by atoms with Gasteiger partial charge in [0.15, 0.2) is 5.16 Å². The van der Waals surface area contributed by atoms with Crippen LogP contribution in [0.1, 0.15) is 23.9 Å². The van der Waals surface area contributed by atoms with Crippen LogP contribution in [-0.2, 0) is 23.8 Å². The summed E-state index contributed by atoms with van der Waals surface area (Å²) in [6.45, 7) is 2.93. The fraction of sp³-hybridized carbons (Fsp3) is 0.263. The highest BCUT2D eigenvalue weighted by Gasteiger charge is 2.12. The van der Waals surface area contributed by atoms with Crippen molar-refractivity contribution in [3.8, 4) is 0 Å². The van der Waals surface area contributed by atoms with Crippen LogP contribution >= 0.6 is 58.3 Å². The first-order valence-corrected chi connectivity index (χ1v) is 11.6. The van der Waals surface area contributed by atoms with Gasteiger partial charge in [0.1, 0.15) is 5.82 Å². The highest BCUT2D eigenvalue weighted by Crippen LogP contribution is 2.29. The molecule has 0 atom stereocenters. The Balaban J connectivity index is 1.60. The third kappa shape index (κ3) is 5.81. The van der Waals surface area contributed by atoms with Crippen LogP contribution in [0, 0.1) is 0 Å². The van der Waals surface area contributed by atoms with Gasteiger partial charge in [-0.05, 0) is 48.4 Å². The van der Waals surface area contributed by atoms with Crippen molar-refractivity contribution in [1.29, 1.82) is 0 Å². The number of aromatic nitrogens is 3. The Bertz CT molecular complexity index is 898. The SMILES string of the molecule is CCn1c(CSCc2ccc(Cl)cc2)nnc1SCc1cc(Cl)ccc1Cl. The molecule has 8 heteroatoms. The van der Waals surface area contributed by atoms with Gasteiger partial charge in [0.25, 0.3) is 0 Å². The van der Waals surface area contributed by atoms with Crippen LogP contribution in [0.2, 0.25) is 15.1 Å². The molecule has 3 nitrogen and oxygen atoms in total. The molecule has 142 valence electrons. The van der Waals surface area contributed by atoms with Gasteiger partial charge in [0.2, 0.25) is 0 Å². The normalized spacial score (nSPS) is 11.1. The van der Waals surface area contributed by atoms with Gasteiger partial charge in [0, 0.05) is 33.1 Å². The van der Waals surface area contributed by atoms with E-state index in [0.717, 1.165) is 39.6 Å². The van der Waals surface area contributed by atoms with E-state index < -0.39 is 0 Å². The van der Waals surface area contributed by atoms with Crippen LogP contribution < -0.4 is 0 Å². The highest BCUT2D eigenvalue weighted by molar-refractivity contribution is 7.98. The fourth-order valence-electron chi connectivity index (χ4n) is 2.49. The Morgan fingerprint density at radius 2 is 1.63 bits per heavy atom. The molecule has 0 fully saturated rings. The summed E-state index contributed by atoms with van der Waals surface area (Å²) in [5, 5.41) is 11.8. The molecule has 0 aliphatic rings. The molecule has 27 heavy (non-hydrogen) atoms. The second-order valence-corrected chi connectivity index (χ2v) is 8.99. The molecule has 0 spiro atoms. The number of rotatable bonds is 8. The van der Waals surface area contributed by atoms with Gasteiger partial charge >= 0.3 is 0 Å². The average Bonchev–Trinajstić information content (AvgIpc) is 3.06. The summed E-state index contributed by atoms with van der Waals surface area (Å²) in [4.78, 5) is 0. The predicted molar refractivity (Wildman–Crippen MR) is 118 cm³/mol. The van der Waals surface area contributed by atoms with Gasteiger partial charge in [-0.3, -0.25) is 0 Å². The zero-order valence-electron chi connectivity index (χ0n) is 14.7. The van der Waals surface area contributed by atoms with E-state index in [1.165, 1.54) is 5.56 Å². The van der Waals surface area contributed by atoms with Crippen LogP contribution in [-0.4, -0.2) is 14.8 Å². The van der Waals surface area contributed by atoms with Crippen LogP contribution in [0.25, 0.3) is 0 Å². The van der Waals surface area contributed by atoms with Gasteiger partial charge in [0.05, 0.1) is 5.75 Å². The molecule has 0 N–H and O–H groups in total. The molecule has 0 aliphatic heterocycles. The summed E-state index contributed by atoms with van der Waals surface area (Å²) in [6, 6.07) is 13.5. The standard InChI is InChI=1S/C19H18Cl3N3S2/c1-2-25-18(12-26-10-13-3-5-15(20)6-4-13)23-24-19(25)27-11-14-9-16(21)7-8-17(14)22/h3-9H,2,10-12H2,1H3. The highest BCUT2D eigenvalue weighted by atomic mass is 35.5. The molecule has 0 aliphatic carbocycles. The van der Waals surface area contributed by atoms with Crippen molar-refractivity contribution >= 4 is 58.3 Å². The second kappa shape index (κ2) is 10.1. The molecule has 0 bridgehead atoms. The minimum absolute atomic E-state index is 0.686. The van der Waals surface area contributed by atoms with Crippen molar-refractivity contribution in [2.45, 2.75) is 35.9 Å². The number of benzene rings is 2. The second-order valence-electron chi connectivity index (χ2n) is 5.79. The van der Waals surface area contributed by atoms with E-state index in [9.17, 15) is 0 Å². The minimum Gasteiger partial charge on any atom is -0.306 e. The molecule has 0 amide bonds. The molecular formula is C19H18Cl3N3S2. The van der Waals surface area contributed by atoms with Crippen molar-refractivity contribution in [2.75, 3.05) is 0 Å². The summed E-state index contributed by atoms with van der Waals surface area (Å²) < 4.78 is 2.15. The summed E-state index contributed by atoms with van der Waals surface area (Å²) >= 11 is 21.7. The average molecular weight is 459 g/mol. The maximum Gasteiger partial charge on any atom is 0.191 e. The number of halogens is 3. The number of nitrogens with zero attached hydrogens (tertiary/aromatic N) is 3. The summed E-state index contributed by atoms with van der Waals surface area (Å²) in [5.41, 5.74) is 2.25. The lowest BCUT2D eigenvalue weighted by atomic mass is 10.2. The first-order valence-electron chi connectivity index (χ1n) is 8.37. The monoisotopic (exact) mass is 457 g/mol. The largest absolute Gasteiger partial charge is 0.306 e. The maximum absolute atomic E-state index is 6.25. The fourth-order valence-corrected chi connectivity index (χ4v) is 5.01. The summed E-state index contributed by atoms with van der Waals surface area (Å²) in [6.07, 6.45) is 0. The van der Waals surface area contributed by atoms with Crippen molar-refractivity contribution in [2.24, 2.45) is 0 Å². The third-order valence-corrected chi connectivity index (χ3v) is 6.76. The lowest BCUT2D eigenvalue weighted by Gasteiger charge is -2.08. The molecule has 0 unspecified atom stereocenters. The van der Waals surface area contributed by atoms with E-state index in [1.54, 1.807) is 17.8 Å². The molecule has 0 radical (unpaired) electrons. The Hall–Kier alpha value is -0.850. The van der Waals surface area contributed by atoms with Gasteiger partial charge < -0.3 is 4.57 Å². The van der Waals surface area contributed by atoms with Crippen LogP contribution in [0.3, 0.4) is 0 Å². The van der Waals surface area contributed by atoms with E-state index in [2.05, 4.69) is 33.8 Å². The lowest BCUT2D eigenvalue weighted by molar-refractivity contribution is 0.659. The van der Waals surface area contributed by atoms with Crippen LogP contribution in [0.5, 0.6) is 0 Å². The van der Waals surface area contributed by atoms with Crippen molar-refractivity contribution in [1.82, 2.24) is 14.8 Å². The summed E-state index contributed by atoms with van der Waals surface area (Å²) in [7, 11) is 0. The molecular weight excluding hydrogens is 441 g/mol. The number of hydrogen-bond acceptors (Lipinski definition) is 4. The molecule has 3 aromatic rings. The van der Waals surface area contributed by atoms with E-state index in [0.29, 0.717) is 15.8 Å². The third-order valence-electron chi connectivity index (χ3n) is 3.89. The molecule has 2 aromatic carbocycles. The van der Waals surface area contributed by atoms with E-state index in [1.807, 2.05) is 36.0 Å². The topological polar surface area (TPSA) is 30.7 Å². The van der Waals surface area contributed by atoms with Crippen LogP contribution in [0.15, 0.2) is 47.6 Å². The van der Waals surface area contributed by atoms with Crippen LogP contribution in [0.4, 0.5) is 0 Å². The zero-order chi connectivity index (χ0) is 19.2. The number of thioether (sulfide) groups is 2. The Morgan fingerprint density at radius 3 is 2.37 bits per heavy atom. The van der Waals surface area contributed by atoms with E-state index in [4.69, 9.17) is 34.8 Å². The predicted octanol–water partition coefficient (Wildman–Crippen LogP) is 6.98.